The van der Waals surface area contributed by atoms with Crippen molar-refractivity contribution in [3.63, 3.8) is 0 Å². The number of H-pyrrole nitrogens is 1. The molecule has 4 aromatic rings. The molecule has 0 atom stereocenters. The summed E-state index contributed by atoms with van der Waals surface area (Å²) in [6, 6.07) is 14.2. The first-order chi connectivity index (χ1) is 13.7. The Balaban J connectivity index is 1.65. The van der Waals surface area contributed by atoms with E-state index in [1.165, 1.54) is 23.9 Å². The Hall–Kier alpha value is -3.19. The number of rotatable bonds is 6. The quantitative estimate of drug-likeness (QED) is 0.453. The molecule has 2 N–H and O–H groups in total. The summed E-state index contributed by atoms with van der Waals surface area (Å²) in [5.41, 5.74) is 4.61. The van der Waals surface area contributed by atoms with Crippen LogP contribution < -0.4 is 5.32 Å². The Morgan fingerprint density at radius 1 is 1.00 bits per heavy atom. The van der Waals surface area contributed by atoms with E-state index in [1.54, 1.807) is 30.7 Å². The van der Waals surface area contributed by atoms with Crippen LogP contribution >= 0.6 is 11.8 Å². The molecule has 3 heterocycles. The third kappa shape index (κ3) is 4.04. The maximum Gasteiger partial charge on any atom is 0.166 e. The van der Waals surface area contributed by atoms with E-state index in [2.05, 4.69) is 20.3 Å². The fourth-order valence-corrected chi connectivity index (χ4v) is 3.24. The molecule has 0 aliphatic heterocycles. The zero-order valence-corrected chi connectivity index (χ0v) is 16.0. The van der Waals surface area contributed by atoms with Crippen molar-refractivity contribution in [2.75, 3.05) is 11.6 Å². The van der Waals surface area contributed by atoms with Gasteiger partial charge in [-0.1, -0.05) is 11.8 Å². The van der Waals surface area contributed by atoms with Gasteiger partial charge in [-0.05, 0) is 60.4 Å². The van der Waals surface area contributed by atoms with Gasteiger partial charge in [0.2, 0.25) is 0 Å². The van der Waals surface area contributed by atoms with Crippen LogP contribution in [0, 0.1) is 5.82 Å². The molecular weight excluding hydrogens is 373 g/mol. The van der Waals surface area contributed by atoms with E-state index >= 15 is 0 Å². The first-order valence-electron chi connectivity index (χ1n) is 8.72. The van der Waals surface area contributed by atoms with Crippen molar-refractivity contribution >= 4 is 17.6 Å². The van der Waals surface area contributed by atoms with Gasteiger partial charge in [0.1, 0.15) is 11.6 Å². The zero-order valence-electron chi connectivity index (χ0n) is 15.2. The number of pyridine rings is 2. The molecule has 5 nitrogen and oxygen atoms in total. The average molecular weight is 391 g/mol. The second-order valence-electron chi connectivity index (χ2n) is 6.12. The van der Waals surface area contributed by atoms with Gasteiger partial charge >= 0.3 is 0 Å². The van der Waals surface area contributed by atoms with Gasteiger partial charge in [0, 0.05) is 36.3 Å². The molecule has 7 heteroatoms. The molecule has 0 spiro atoms. The Kier molecular flexibility index (Phi) is 5.34. The van der Waals surface area contributed by atoms with E-state index in [1.807, 2.05) is 30.5 Å². The summed E-state index contributed by atoms with van der Waals surface area (Å²) in [5, 5.41) is 4.13. The number of aromatic amines is 1. The predicted octanol–water partition coefficient (Wildman–Crippen LogP) is 5.01. The van der Waals surface area contributed by atoms with Gasteiger partial charge in [0.25, 0.3) is 0 Å². The lowest BCUT2D eigenvalue weighted by atomic mass is 10.1. The molecule has 1 aromatic carbocycles. The van der Waals surface area contributed by atoms with Crippen LogP contribution in [0.25, 0.3) is 22.5 Å². The molecule has 0 fully saturated rings. The Morgan fingerprint density at radius 3 is 2.54 bits per heavy atom. The normalized spacial score (nSPS) is 10.8. The topological polar surface area (TPSA) is 66.5 Å². The molecule has 0 unspecified atom stereocenters. The smallest absolute Gasteiger partial charge is 0.166 e. The second-order valence-corrected chi connectivity index (χ2v) is 6.91. The van der Waals surface area contributed by atoms with Crippen LogP contribution in [0.2, 0.25) is 0 Å². The average Bonchev–Trinajstić information content (AvgIpc) is 3.18. The molecule has 0 saturated heterocycles. The van der Waals surface area contributed by atoms with Crippen LogP contribution in [-0.2, 0) is 6.54 Å². The third-order valence-corrected chi connectivity index (χ3v) is 4.84. The lowest BCUT2D eigenvalue weighted by Crippen LogP contribution is -2.01. The summed E-state index contributed by atoms with van der Waals surface area (Å²) in [6.07, 6.45) is 7.25. The standard InChI is InChI=1S/C21H18FN5S/c1-28-21-26-19(15-2-4-17(22)5-3-15)20(27-21)16-8-11-24-18(12-16)25-13-14-6-9-23-10-7-14/h2-12H,13H2,1H3,(H,24,25)(H,26,27). The van der Waals surface area contributed by atoms with Crippen LogP contribution in [0.1, 0.15) is 5.56 Å². The molecule has 0 bridgehead atoms. The van der Waals surface area contributed by atoms with Crippen molar-refractivity contribution in [3.05, 3.63) is 78.5 Å². The number of aromatic nitrogens is 4. The largest absolute Gasteiger partial charge is 0.366 e. The second kappa shape index (κ2) is 8.22. The molecule has 0 aliphatic carbocycles. The first kappa shape index (κ1) is 18.2. The molecule has 0 saturated carbocycles. The van der Waals surface area contributed by atoms with Gasteiger partial charge in [-0.2, -0.15) is 0 Å². The van der Waals surface area contributed by atoms with Gasteiger partial charge < -0.3 is 10.3 Å². The Bertz CT molecular complexity index is 1060. The Labute approximate surface area is 166 Å². The van der Waals surface area contributed by atoms with Crippen molar-refractivity contribution < 1.29 is 4.39 Å². The summed E-state index contributed by atoms with van der Waals surface area (Å²) in [7, 11) is 0. The van der Waals surface area contributed by atoms with Gasteiger partial charge in [-0.25, -0.2) is 14.4 Å². The number of halogens is 1. The van der Waals surface area contributed by atoms with Crippen molar-refractivity contribution in [3.8, 4) is 22.5 Å². The molecule has 28 heavy (non-hydrogen) atoms. The Morgan fingerprint density at radius 2 is 1.79 bits per heavy atom. The van der Waals surface area contributed by atoms with E-state index in [4.69, 9.17) is 4.98 Å². The van der Waals surface area contributed by atoms with E-state index in [0.717, 1.165) is 39.1 Å². The number of hydrogen-bond donors (Lipinski definition) is 2. The van der Waals surface area contributed by atoms with Gasteiger partial charge in [0.15, 0.2) is 5.16 Å². The van der Waals surface area contributed by atoms with Crippen LogP contribution in [0.4, 0.5) is 10.2 Å². The van der Waals surface area contributed by atoms with Crippen LogP contribution in [0.15, 0.2) is 72.3 Å². The summed E-state index contributed by atoms with van der Waals surface area (Å²) >= 11 is 1.53. The first-order valence-corrected chi connectivity index (χ1v) is 9.94. The highest BCUT2D eigenvalue weighted by Crippen LogP contribution is 2.33. The molecule has 0 radical (unpaired) electrons. The van der Waals surface area contributed by atoms with Gasteiger partial charge in [-0.15, -0.1) is 0 Å². The van der Waals surface area contributed by atoms with Crippen LogP contribution in [0.5, 0.6) is 0 Å². The number of hydrogen-bond acceptors (Lipinski definition) is 5. The number of anilines is 1. The maximum atomic E-state index is 13.3. The SMILES string of the molecule is CSc1nc(-c2ccnc(NCc3ccncc3)c2)c(-c2ccc(F)cc2)[nH]1. The molecule has 0 aliphatic rings. The number of nitrogens with zero attached hydrogens (tertiary/aromatic N) is 3. The third-order valence-electron chi connectivity index (χ3n) is 4.26. The van der Waals surface area contributed by atoms with E-state index in [0.29, 0.717) is 6.54 Å². The molecule has 4 rings (SSSR count). The van der Waals surface area contributed by atoms with E-state index in [9.17, 15) is 4.39 Å². The fourth-order valence-electron chi connectivity index (χ4n) is 2.85. The van der Waals surface area contributed by atoms with Gasteiger partial charge in [0.05, 0.1) is 11.4 Å². The van der Waals surface area contributed by atoms with Crippen LogP contribution in [0.3, 0.4) is 0 Å². The summed E-state index contributed by atoms with van der Waals surface area (Å²) in [5.74, 6) is 0.495. The fraction of sp³-hybridized carbons (Fsp3) is 0.0952. The van der Waals surface area contributed by atoms with Crippen molar-refractivity contribution in [1.82, 2.24) is 19.9 Å². The monoisotopic (exact) mass is 391 g/mol. The lowest BCUT2D eigenvalue weighted by Gasteiger charge is -2.08. The molecule has 0 amide bonds. The van der Waals surface area contributed by atoms with Crippen molar-refractivity contribution in [2.45, 2.75) is 11.7 Å². The van der Waals surface area contributed by atoms with Crippen molar-refractivity contribution in [2.24, 2.45) is 0 Å². The lowest BCUT2D eigenvalue weighted by molar-refractivity contribution is 0.628. The van der Waals surface area contributed by atoms with Crippen LogP contribution in [-0.4, -0.2) is 26.2 Å². The maximum absolute atomic E-state index is 13.3. The van der Waals surface area contributed by atoms with E-state index in [-0.39, 0.29) is 5.82 Å². The summed E-state index contributed by atoms with van der Waals surface area (Å²) in [4.78, 5) is 16.5. The minimum absolute atomic E-state index is 0.263. The highest BCUT2D eigenvalue weighted by Gasteiger charge is 2.14. The minimum atomic E-state index is -0.263. The molecule has 140 valence electrons. The molecular formula is C21H18FN5S. The number of nitrogens with one attached hydrogen (secondary N) is 2. The molecule has 3 aromatic heterocycles. The number of benzene rings is 1. The highest BCUT2D eigenvalue weighted by molar-refractivity contribution is 7.98. The zero-order chi connectivity index (χ0) is 19.3. The number of thioether (sulfide) groups is 1. The highest BCUT2D eigenvalue weighted by atomic mass is 32.2. The van der Waals surface area contributed by atoms with E-state index < -0.39 is 0 Å². The summed E-state index contributed by atoms with van der Waals surface area (Å²) < 4.78 is 13.3. The predicted molar refractivity (Wildman–Crippen MR) is 111 cm³/mol. The van der Waals surface area contributed by atoms with Crippen molar-refractivity contribution in [1.29, 1.82) is 0 Å². The summed E-state index contributed by atoms with van der Waals surface area (Å²) in [6.45, 7) is 0.653. The van der Waals surface area contributed by atoms with Gasteiger partial charge in [-0.3, -0.25) is 4.98 Å². The number of imidazole rings is 1. The minimum Gasteiger partial charge on any atom is -0.366 e.